The molecule has 3 unspecified atom stereocenters. The SMILES string of the molecule is CC(C)C(NC(=O)N1CCC(C)C(O)C1)c1nnc2ccccn12. The number of aromatic nitrogens is 3. The van der Waals surface area contributed by atoms with Gasteiger partial charge in [-0.1, -0.05) is 26.8 Å². The predicted molar refractivity (Wildman–Crippen MR) is 90.5 cm³/mol. The summed E-state index contributed by atoms with van der Waals surface area (Å²) >= 11 is 0. The molecule has 1 saturated heterocycles. The summed E-state index contributed by atoms with van der Waals surface area (Å²) in [7, 11) is 0. The van der Waals surface area contributed by atoms with E-state index >= 15 is 0 Å². The summed E-state index contributed by atoms with van der Waals surface area (Å²) in [5, 5.41) is 21.5. The fourth-order valence-electron chi connectivity index (χ4n) is 3.06. The Morgan fingerprint density at radius 2 is 2.17 bits per heavy atom. The molecule has 0 aliphatic carbocycles. The highest BCUT2D eigenvalue weighted by Crippen LogP contribution is 2.22. The van der Waals surface area contributed by atoms with Crippen molar-refractivity contribution in [1.82, 2.24) is 24.8 Å². The third kappa shape index (κ3) is 3.21. The summed E-state index contributed by atoms with van der Waals surface area (Å²) in [6.07, 6.45) is 2.25. The first-order valence-corrected chi connectivity index (χ1v) is 8.50. The van der Waals surface area contributed by atoms with Crippen molar-refractivity contribution in [2.24, 2.45) is 11.8 Å². The minimum absolute atomic E-state index is 0.160. The van der Waals surface area contributed by atoms with Crippen LogP contribution in [0.3, 0.4) is 0 Å². The molecule has 3 rings (SSSR count). The molecule has 2 aromatic rings. The smallest absolute Gasteiger partial charge is 0.318 e. The summed E-state index contributed by atoms with van der Waals surface area (Å²) in [5.74, 6) is 1.12. The van der Waals surface area contributed by atoms with E-state index in [2.05, 4.69) is 15.5 Å². The molecule has 1 aliphatic rings. The molecule has 1 fully saturated rings. The van der Waals surface area contributed by atoms with Gasteiger partial charge < -0.3 is 15.3 Å². The topological polar surface area (TPSA) is 82.8 Å². The minimum Gasteiger partial charge on any atom is -0.391 e. The average Bonchev–Trinajstić information content (AvgIpc) is 2.98. The van der Waals surface area contributed by atoms with Gasteiger partial charge in [0.05, 0.1) is 12.1 Å². The number of amides is 2. The summed E-state index contributed by atoms with van der Waals surface area (Å²) in [4.78, 5) is 14.3. The Morgan fingerprint density at radius 1 is 1.38 bits per heavy atom. The number of aliphatic hydroxyl groups is 1. The Hall–Kier alpha value is -2.15. The van der Waals surface area contributed by atoms with Crippen molar-refractivity contribution in [3.8, 4) is 0 Å². The predicted octanol–water partition coefficient (Wildman–Crippen LogP) is 1.84. The van der Waals surface area contributed by atoms with Gasteiger partial charge in [0.1, 0.15) is 0 Å². The number of likely N-dealkylation sites (tertiary alicyclic amines) is 1. The Kier molecular flexibility index (Phi) is 4.71. The Morgan fingerprint density at radius 3 is 2.88 bits per heavy atom. The van der Waals surface area contributed by atoms with Crippen molar-refractivity contribution in [2.75, 3.05) is 13.1 Å². The van der Waals surface area contributed by atoms with Crippen LogP contribution in [-0.4, -0.2) is 49.8 Å². The maximum Gasteiger partial charge on any atom is 0.318 e. The first-order chi connectivity index (χ1) is 11.5. The number of nitrogens with one attached hydrogen (secondary N) is 1. The van der Waals surface area contributed by atoms with Gasteiger partial charge in [-0.3, -0.25) is 4.40 Å². The van der Waals surface area contributed by atoms with Crippen LogP contribution in [0.25, 0.3) is 5.65 Å². The van der Waals surface area contributed by atoms with E-state index in [1.54, 1.807) is 4.90 Å². The van der Waals surface area contributed by atoms with E-state index in [1.807, 2.05) is 49.6 Å². The monoisotopic (exact) mass is 331 g/mol. The van der Waals surface area contributed by atoms with E-state index in [-0.39, 0.29) is 23.9 Å². The van der Waals surface area contributed by atoms with Crippen LogP contribution in [0.2, 0.25) is 0 Å². The fraction of sp³-hybridized carbons (Fsp3) is 0.588. The number of carbonyl (C=O) groups excluding carboxylic acids is 1. The number of urea groups is 1. The summed E-state index contributed by atoms with van der Waals surface area (Å²) in [6, 6.07) is 5.31. The number of rotatable bonds is 3. The lowest BCUT2D eigenvalue weighted by Crippen LogP contribution is -2.51. The lowest BCUT2D eigenvalue weighted by atomic mass is 9.96. The maximum atomic E-state index is 12.6. The molecule has 1 aliphatic heterocycles. The van der Waals surface area contributed by atoms with Crippen LogP contribution in [0, 0.1) is 11.8 Å². The van der Waals surface area contributed by atoms with Crippen LogP contribution in [0.15, 0.2) is 24.4 Å². The largest absolute Gasteiger partial charge is 0.391 e. The third-order valence-corrected chi connectivity index (χ3v) is 4.77. The lowest BCUT2D eigenvalue weighted by molar-refractivity contribution is 0.0425. The van der Waals surface area contributed by atoms with Crippen molar-refractivity contribution in [2.45, 2.75) is 39.3 Å². The van der Waals surface area contributed by atoms with E-state index < -0.39 is 6.10 Å². The molecule has 0 spiro atoms. The highest BCUT2D eigenvalue weighted by atomic mass is 16.3. The molecule has 130 valence electrons. The lowest BCUT2D eigenvalue weighted by Gasteiger charge is -2.35. The quantitative estimate of drug-likeness (QED) is 0.899. The van der Waals surface area contributed by atoms with Crippen molar-refractivity contribution in [3.63, 3.8) is 0 Å². The van der Waals surface area contributed by atoms with E-state index in [0.29, 0.717) is 13.1 Å². The molecule has 0 aromatic carbocycles. The van der Waals surface area contributed by atoms with E-state index in [9.17, 15) is 9.90 Å². The Bertz CT molecular complexity index is 714. The first-order valence-electron chi connectivity index (χ1n) is 8.50. The molecule has 2 amide bonds. The van der Waals surface area contributed by atoms with E-state index in [4.69, 9.17) is 0 Å². The number of nitrogens with zero attached hydrogens (tertiary/aromatic N) is 4. The second kappa shape index (κ2) is 6.76. The summed E-state index contributed by atoms with van der Waals surface area (Å²) in [6.45, 7) is 7.14. The third-order valence-electron chi connectivity index (χ3n) is 4.77. The zero-order valence-corrected chi connectivity index (χ0v) is 14.4. The summed E-state index contributed by atoms with van der Waals surface area (Å²) in [5.41, 5.74) is 0.759. The number of hydrogen-bond donors (Lipinski definition) is 2. The van der Waals surface area contributed by atoms with Crippen LogP contribution in [-0.2, 0) is 0 Å². The van der Waals surface area contributed by atoms with Gasteiger partial charge in [-0.05, 0) is 30.4 Å². The van der Waals surface area contributed by atoms with Crippen LogP contribution in [0.4, 0.5) is 4.79 Å². The van der Waals surface area contributed by atoms with E-state index in [1.165, 1.54) is 0 Å². The molecule has 0 saturated carbocycles. The molecule has 3 heterocycles. The number of carbonyl (C=O) groups is 1. The zero-order chi connectivity index (χ0) is 17.3. The molecular weight excluding hydrogens is 306 g/mol. The van der Waals surface area contributed by atoms with Crippen molar-refractivity contribution < 1.29 is 9.90 Å². The Labute approximate surface area is 141 Å². The highest BCUT2D eigenvalue weighted by Gasteiger charge is 2.30. The van der Waals surface area contributed by atoms with Gasteiger partial charge in [0.25, 0.3) is 0 Å². The summed E-state index contributed by atoms with van der Waals surface area (Å²) < 4.78 is 1.90. The van der Waals surface area contributed by atoms with Gasteiger partial charge in [-0.25, -0.2) is 4.79 Å². The molecule has 7 heteroatoms. The minimum atomic E-state index is -0.462. The van der Waals surface area contributed by atoms with Crippen molar-refractivity contribution in [1.29, 1.82) is 0 Å². The Balaban J connectivity index is 1.78. The first kappa shape index (κ1) is 16.7. The standard InChI is InChI=1S/C17H25N5O2/c1-11(2)15(16-20-19-14-6-4-5-8-22(14)16)18-17(24)21-9-7-12(3)13(23)10-21/h4-6,8,11-13,15,23H,7,9-10H2,1-3H3,(H,18,24). The van der Waals surface area contributed by atoms with Gasteiger partial charge in [0, 0.05) is 19.3 Å². The highest BCUT2D eigenvalue weighted by molar-refractivity contribution is 5.74. The van der Waals surface area contributed by atoms with E-state index in [0.717, 1.165) is 17.9 Å². The maximum absolute atomic E-state index is 12.6. The van der Waals surface area contributed by atoms with Gasteiger partial charge in [-0.15, -0.1) is 10.2 Å². The fourth-order valence-corrected chi connectivity index (χ4v) is 3.06. The normalized spacial score (nSPS) is 22.8. The number of hydrogen-bond acceptors (Lipinski definition) is 4. The molecule has 7 nitrogen and oxygen atoms in total. The molecule has 2 N–H and O–H groups in total. The van der Waals surface area contributed by atoms with Crippen molar-refractivity contribution >= 4 is 11.7 Å². The number of pyridine rings is 1. The van der Waals surface area contributed by atoms with Gasteiger partial charge in [-0.2, -0.15) is 0 Å². The van der Waals surface area contributed by atoms with Crippen molar-refractivity contribution in [3.05, 3.63) is 30.2 Å². The molecule has 0 bridgehead atoms. The molecule has 0 radical (unpaired) electrons. The number of piperidine rings is 1. The number of β-amino-alcohol motifs (C(OH)–C–C–N with tert-alkyl or cyclic N) is 1. The van der Waals surface area contributed by atoms with Gasteiger partial charge >= 0.3 is 6.03 Å². The van der Waals surface area contributed by atoms with Gasteiger partial charge in [0.15, 0.2) is 11.5 Å². The molecule has 3 atom stereocenters. The number of fused-ring (bicyclic) bond motifs is 1. The molecular formula is C17H25N5O2. The second-order valence-corrected chi connectivity index (χ2v) is 6.94. The van der Waals surface area contributed by atoms with Crippen LogP contribution in [0.5, 0.6) is 0 Å². The molecule has 24 heavy (non-hydrogen) atoms. The number of aliphatic hydroxyl groups excluding tert-OH is 1. The van der Waals surface area contributed by atoms with Crippen LogP contribution >= 0.6 is 0 Å². The van der Waals surface area contributed by atoms with Crippen LogP contribution in [0.1, 0.15) is 39.1 Å². The van der Waals surface area contributed by atoms with Gasteiger partial charge in [0.2, 0.25) is 0 Å². The second-order valence-electron chi connectivity index (χ2n) is 6.94. The molecule has 2 aromatic heterocycles. The zero-order valence-electron chi connectivity index (χ0n) is 14.4. The van der Waals surface area contributed by atoms with Crippen LogP contribution < -0.4 is 5.32 Å². The average molecular weight is 331 g/mol.